The van der Waals surface area contributed by atoms with Crippen LogP contribution in [0.1, 0.15) is 24.8 Å². The smallest absolute Gasteiger partial charge is 0.364 e. The highest BCUT2D eigenvalue weighted by Crippen LogP contribution is 2.17. The summed E-state index contributed by atoms with van der Waals surface area (Å²) in [5.41, 5.74) is 5.56. The van der Waals surface area contributed by atoms with Gasteiger partial charge in [0.05, 0.1) is 0 Å². The SMILES string of the molecule is NC(=O)CC[C@H](NC(=O)CCc1ccccc1O)C(=O)OO. The highest BCUT2D eigenvalue weighted by atomic mass is 17.1. The van der Waals surface area contributed by atoms with Crippen LogP contribution in [0.25, 0.3) is 0 Å². The van der Waals surface area contributed by atoms with Crippen molar-refractivity contribution >= 4 is 17.8 Å². The Bertz CT molecular complexity index is 546. The zero-order valence-corrected chi connectivity index (χ0v) is 11.8. The highest BCUT2D eigenvalue weighted by Gasteiger charge is 2.23. The second kappa shape index (κ2) is 8.63. The van der Waals surface area contributed by atoms with Gasteiger partial charge in [0, 0.05) is 12.8 Å². The van der Waals surface area contributed by atoms with Crippen molar-refractivity contribution < 1.29 is 29.6 Å². The van der Waals surface area contributed by atoms with E-state index in [0.717, 1.165) is 0 Å². The van der Waals surface area contributed by atoms with E-state index in [0.29, 0.717) is 5.56 Å². The van der Waals surface area contributed by atoms with Gasteiger partial charge in [0.15, 0.2) is 0 Å². The van der Waals surface area contributed by atoms with Crippen molar-refractivity contribution in [3.05, 3.63) is 29.8 Å². The number of hydrogen-bond donors (Lipinski definition) is 4. The molecule has 0 aliphatic carbocycles. The molecule has 8 heteroatoms. The molecule has 8 nitrogen and oxygen atoms in total. The van der Waals surface area contributed by atoms with Crippen LogP contribution < -0.4 is 11.1 Å². The minimum atomic E-state index is -1.16. The Morgan fingerprint density at radius 3 is 2.50 bits per heavy atom. The molecule has 0 aliphatic rings. The number of aryl methyl sites for hydroxylation is 1. The van der Waals surface area contributed by atoms with Crippen LogP contribution in [-0.2, 0) is 25.7 Å². The Labute approximate surface area is 126 Å². The molecule has 2 amide bonds. The molecule has 0 bridgehead atoms. The maximum Gasteiger partial charge on any atom is 0.364 e. The summed E-state index contributed by atoms with van der Waals surface area (Å²) in [6.07, 6.45) is 0.0785. The topological polar surface area (TPSA) is 139 Å². The van der Waals surface area contributed by atoms with Crippen molar-refractivity contribution in [1.29, 1.82) is 0 Å². The molecule has 22 heavy (non-hydrogen) atoms. The number of rotatable bonds is 8. The molecule has 0 saturated heterocycles. The van der Waals surface area contributed by atoms with E-state index in [9.17, 15) is 19.5 Å². The molecule has 0 saturated carbocycles. The van der Waals surface area contributed by atoms with Crippen LogP contribution in [0.2, 0.25) is 0 Å². The zero-order valence-electron chi connectivity index (χ0n) is 11.8. The van der Waals surface area contributed by atoms with Gasteiger partial charge in [-0.3, -0.25) is 14.5 Å². The first-order valence-electron chi connectivity index (χ1n) is 6.63. The summed E-state index contributed by atoms with van der Waals surface area (Å²) in [4.78, 5) is 37.4. The number of nitrogens with one attached hydrogen (secondary N) is 1. The molecule has 0 aromatic heterocycles. The number of benzene rings is 1. The van der Waals surface area contributed by atoms with Crippen LogP contribution in [0.5, 0.6) is 5.75 Å². The van der Waals surface area contributed by atoms with Gasteiger partial charge in [0.1, 0.15) is 11.8 Å². The van der Waals surface area contributed by atoms with Gasteiger partial charge < -0.3 is 16.2 Å². The third-order valence-electron chi connectivity index (χ3n) is 3.00. The standard InChI is InChI=1S/C14H18N2O6/c15-12(18)7-6-10(14(20)22-21)16-13(19)8-5-9-3-1-2-4-11(9)17/h1-4,10,17,21H,5-8H2,(H2,15,18)(H,16,19)/t10-/m0/s1. The van der Waals surface area contributed by atoms with E-state index in [2.05, 4.69) is 10.2 Å². The fourth-order valence-electron chi connectivity index (χ4n) is 1.84. The maximum atomic E-state index is 11.8. The van der Waals surface area contributed by atoms with E-state index < -0.39 is 23.8 Å². The summed E-state index contributed by atoms with van der Waals surface area (Å²) < 4.78 is 0. The summed E-state index contributed by atoms with van der Waals surface area (Å²) in [7, 11) is 0. The quantitative estimate of drug-likeness (QED) is 0.396. The summed E-state index contributed by atoms with van der Waals surface area (Å²) in [6, 6.07) is 5.41. The van der Waals surface area contributed by atoms with Gasteiger partial charge in [-0.2, -0.15) is 5.26 Å². The number of phenolic OH excluding ortho intramolecular Hbond substituents is 1. The number of para-hydroxylation sites is 1. The summed E-state index contributed by atoms with van der Waals surface area (Å²) >= 11 is 0. The Balaban J connectivity index is 2.54. The molecular formula is C14H18N2O6. The summed E-state index contributed by atoms with van der Waals surface area (Å²) in [5.74, 6) is -2.12. The second-order valence-corrected chi connectivity index (χ2v) is 4.66. The third kappa shape index (κ3) is 5.80. The lowest BCUT2D eigenvalue weighted by Gasteiger charge is -2.14. The van der Waals surface area contributed by atoms with Crippen molar-refractivity contribution in [2.45, 2.75) is 31.7 Å². The van der Waals surface area contributed by atoms with E-state index >= 15 is 0 Å². The number of hydrogen-bond acceptors (Lipinski definition) is 6. The molecule has 0 radical (unpaired) electrons. The summed E-state index contributed by atoms with van der Waals surface area (Å²) in [5, 5.41) is 20.3. The molecular weight excluding hydrogens is 292 g/mol. The van der Waals surface area contributed by atoms with E-state index in [1.54, 1.807) is 18.2 Å². The Hall–Kier alpha value is -2.61. The van der Waals surface area contributed by atoms with Crippen LogP contribution in [0.4, 0.5) is 0 Å². The van der Waals surface area contributed by atoms with Gasteiger partial charge in [0.2, 0.25) is 11.8 Å². The molecule has 1 rings (SSSR count). The molecule has 0 unspecified atom stereocenters. The van der Waals surface area contributed by atoms with Crippen LogP contribution in [0, 0.1) is 0 Å². The normalized spacial score (nSPS) is 11.5. The Kier molecular flexibility index (Phi) is 6.84. The van der Waals surface area contributed by atoms with Gasteiger partial charge in [0.25, 0.3) is 0 Å². The highest BCUT2D eigenvalue weighted by molar-refractivity contribution is 5.85. The Morgan fingerprint density at radius 1 is 1.23 bits per heavy atom. The molecule has 0 fully saturated rings. The number of nitrogens with two attached hydrogens (primary N) is 1. The van der Waals surface area contributed by atoms with Gasteiger partial charge in [-0.05, 0) is 24.5 Å². The van der Waals surface area contributed by atoms with Crippen molar-refractivity contribution in [2.24, 2.45) is 5.73 Å². The number of carbonyl (C=O) groups is 3. The number of phenols is 1. The minimum absolute atomic E-state index is 0.0172. The average molecular weight is 310 g/mol. The predicted molar refractivity (Wildman–Crippen MR) is 75.5 cm³/mol. The lowest BCUT2D eigenvalue weighted by Crippen LogP contribution is -2.42. The number of aromatic hydroxyl groups is 1. The third-order valence-corrected chi connectivity index (χ3v) is 3.00. The summed E-state index contributed by atoms with van der Waals surface area (Å²) in [6.45, 7) is 0. The predicted octanol–water partition coefficient (Wildman–Crippen LogP) is 0.0913. The molecule has 1 atom stereocenters. The zero-order chi connectivity index (χ0) is 16.5. The first-order chi connectivity index (χ1) is 10.4. The number of carbonyl (C=O) groups excluding carboxylic acids is 3. The van der Waals surface area contributed by atoms with E-state index in [4.69, 9.17) is 11.0 Å². The second-order valence-electron chi connectivity index (χ2n) is 4.66. The van der Waals surface area contributed by atoms with Crippen molar-refractivity contribution in [2.75, 3.05) is 0 Å². The maximum absolute atomic E-state index is 11.8. The van der Waals surface area contributed by atoms with Gasteiger partial charge in [-0.25, -0.2) is 4.79 Å². The molecule has 0 heterocycles. The first-order valence-corrected chi connectivity index (χ1v) is 6.63. The minimum Gasteiger partial charge on any atom is -0.508 e. The van der Waals surface area contributed by atoms with Crippen LogP contribution in [-0.4, -0.2) is 34.2 Å². The lowest BCUT2D eigenvalue weighted by molar-refractivity contribution is -0.236. The average Bonchev–Trinajstić information content (AvgIpc) is 2.49. The van der Waals surface area contributed by atoms with Crippen molar-refractivity contribution in [1.82, 2.24) is 5.32 Å². The molecule has 0 aliphatic heterocycles. The van der Waals surface area contributed by atoms with E-state index in [-0.39, 0.29) is 31.4 Å². The largest absolute Gasteiger partial charge is 0.508 e. The monoisotopic (exact) mass is 310 g/mol. The lowest BCUT2D eigenvalue weighted by atomic mass is 10.1. The van der Waals surface area contributed by atoms with Crippen molar-refractivity contribution in [3.8, 4) is 5.75 Å². The van der Waals surface area contributed by atoms with Gasteiger partial charge in [-0.1, -0.05) is 18.2 Å². The van der Waals surface area contributed by atoms with Crippen LogP contribution >= 0.6 is 0 Å². The fourth-order valence-corrected chi connectivity index (χ4v) is 1.84. The molecule has 0 spiro atoms. The first kappa shape index (κ1) is 17.4. The van der Waals surface area contributed by atoms with Crippen LogP contribution in [0.3, 0.4) is 0 Å². The number of amides is 2. The molecule has 120 valence electrons. The van der Waals surface area contributed by atoms with Crippen LogP contribution in [0.15, 0.2) is 24.3 Å². The van der Waals surface area contributed by atoms with Gasteiger partial charge in [-0.15, -0.1) is 0 Å². The van der Waals surface area contributed by atoms with Gasteiger partial charge >= 0.3 is 5.97 Å². The molecule has 1 aromatic rings. The van der Waals surface area contributed by atoms with E-state index in [1.807, 2.05) is 0 Å². The van der Waals surface area contributed by atoms with Crippen molar-refractivity contribution in [3.63, 3.8) is 0 Å². The number of primary amides is 1. The fraction of sp³-hybridized carbons (Fsp3) is 0.357. The molecule has 5 N–H and O–H groups in total. The Morgan fingerprint density at radius 2 is 1.91 bits per heavy atom. The molecule has 1 aromatic carbocycles. The van der Waals surface area contributed by atoms with E-state index in [1.165, 1.54) is 6.07 Å².